The highest BCUT2D eigenvalue weighted by Crippen LogP contribution is 2.28. The molecule has 114 valence electrons. The summed E-state index contributed by atoms with van der Waals surface area (Å²) in [6.07, 6.45) is 8.87. The Labute approximate surface area is 127 Å². The summed E-state index contributed by atoms with van der Waals surface area (Å²) in [4.78, 5) is 4.54. The third-order valence-corrected chi connectivity index (χ3v) is 4.51. The lowest BCUT2D eigenvalue weighted by Gasteiger charge is -2.27. The summed E-state index contributed by atoms with van der Waals surface area (Å²) in [5, 5.41) is 8.32. The van der Waals surface area contributed by atoms with E-state index in [0.29, 0.717) is 6.04 Å². The van der Waals surface area contributed by atoms with Gasteiger partial charge in [-0.1, -0.05) is 27.7 Å². The smallest absolute Gasteiger partial charge is 0.152 e. The summed E-state index contributed by atoms with van der Waals surface area (Å²) < 4.78 is 1.95. The summed E-state index contributed by atoms with van der Waals surface area (Å²) >= 11 is 0. The van der Waals surface area contributed by atoms with Crippen LogP contribution in [0.15, 0.2) is 18.5 Å². The van der Waals surface area contributed by atoms with Crippen LogP contribution in [0, 0.1) is 5.92 Å². The molecule has 0 aliphatic heterocycles. The Kier molecular flexibility index (Phi) is 3.64. The van der Waals surface area contributed by atoms with Gasteiger partial charge in [0, 0.05) is 23.9 Å². The Hall–Kier alpha value is -1.58. The molecule has 0 atom stereocenters. The molecule has 0 spiro atoms. The van der Waals surface area contributed by atoms with Crippen molar-refractivity contribution in [2.24, 2.45) is 5.92 Å². The van der Waals surface area contributed by atoms with Gasteiger partial charge in [-0.3, -0.25) is 0 Å². The van der Waals surface area contributed by atoms with Crippen LogP contribution >= 0.6 is 0 Å². The Bertz CT molecular complexity index is 615. The molecule has 1 N–H and O–H groups in total. The Morgan fingerprint density at radius 2 is 1.90 bits per heavy atom. The second-order valence-electron chi connectivity index (χ2n) is 7.49. The largest absolute Gasteiger partial charge is 0.366 e. The maximum absolute atomic E-state index is 4.69. The van der Waals surface area contributed by atoms with Gasteiger partial charge >= 0.3 is 0 Å². The van der Waals surface area contributed by atoms with Gasteiger partial charge in [0.15, 0.2) is 5.82 Å². The fourth-order valence-corrected chi connectivity index (χ4v) is 3.00. The number of nitrogens with zero attached hydrogens (tertiary/aromatic N) is 3. The first-order chi connectivity index (χ1) is 9.93. The van der Waals surface area contributed by atoms with E-state index in [1.807, 2.05) is 16.9 Å². The predicted octanol–water partition coefficient (Wildman–Crippen LogP) is 4.02. The maximum Gasteiger partial charge on any atom is 0.152 e. The van der Waals surface area contributed by atoms with Crippen LogP contribution < -0.4 is 5.32 Å². The number of rotatable bonds is 2. The van der Waals surface area contributed by atoms with Crippen molar-refractivity contribution in [3.05, 3.63) is 24.2 Å². The van der Waals surface area contributed by atoms with E-state index < -0.39 is 0 Å². The molecule has 4 heteroatoms. The molecule has 1 aliphatic rings. The van der Waals surface area contributed by atoms with Crippen molar-refractivity contribution in [3.8, 4) is 0 Å². The van der Waals surface area contributed by atoms with Crippen LogP contribution in [-0.2, 0) is 5.41 Å². The number of aromatic nitrogens is 3. The van der Waals surface area contributed by atoms with Crippen LogP contribution in [0.25, 0.3) is 5.52 Å². The first kappa shape index (κ1) is 14.4. The molecule has 1 aliphatic carbocycles. The molecule has 0 radical (unpaired) electrons. The van der Waals surface area contributed by atoms with Gasteiger partial charge in [-0.05, 0) is 37.7 Å². The lowest BCUT2D eigenvalue weighted by molar-refractivity contribution is 0.361. The molecule has 0 bridgehead atoms. The number of fused-ring (bicyclic) bond motifs is 1. The van der Waals surface area contributed by atoms with Crippen LogP contribution in [0.3, 0.4) is 0 Å². The second kappa shape index (κ2) is 5.32. The van der Waals surface area contributed by atoms with Gasteiger partial charge in [0.1, 0.15) is 5.52 Å². The minimum absolute atomic E-state index is 0.0591. The van der Waals surface area contributed by atoms with E-state index in [-0.39, 0.29) is 5.41 Å². The van der Waals surface area contributed by atoms with Gasteiger partial charge < -0.3 is 5.32 Å². The lowest BCUT2D eigenvalue weighted by Crippen LogP contribution is -2.25. The standard InChI is InChI=1S/C17H26N4/c1-12-5-7-13(8-6-12)19-16-14-11-15(17(2,3)4)20-21(14)10-9-18-16/h9-13H,5-8H2,1-4H3,(H,18,19). The monoisotopic (exact) mass is 286 g/mol. The third-order valence-electron chi connectivity index (χ3n) is 4.51. The summed E-state index contributed by atoms with van der Waals surface area (Å²) in [7, 11) is 0. The van der Waals surface area contributed by atoms with Crippen molar-refractivity contribution in [2.75, 3.05) is 5.32 Å². The molecule has 2 heterocycles. The molecule has 2 aromatic rings. The SMILES string of the molecule is CC1CCC(Nc2nccn3nc(C(C)(C)C)cc23)CC1. The lowest BCUT2D eigenvalue weighted by atomic mass is 9.87. The highest BCUT2D eigenvalue weighted by Gasteiger charge is 2.21. The fourth-order valence-electron chi connectivity index (χ4n) is 3.00. The van der Waals surface area contributed by atoms with E-state index >= 15 is 0 Å². The molecular weight excluding hydrogens is 260 g/mol. The van der Waals surface area contributed by atoms with E-state index in [0.717, 1.165) is 22.9 Å². The van der Waals surface area contributed by atoms with Crippen molar-refractivity contribution in [1.29, 1.82) is 0 Å². The predicted molar refractivity (Wildman–Crippen MR) is 86.7 cm³/mol. The topological polar surface area (TPSA) is 42.2 Å². The van der Waals surface area contributed by atoms with Crippen LogP contribution in [0.5, 0.6) is 0 Å². The van der Waals surface area contributed by atoms with Gasteiger partial charge in [-0.2, -0.15) is 5.10 Å². The van der Waals surface area contributed by atoms with Crippen molar-refractivity contribution in [1.82, 2.24) is 14.6 Å². The summed E-state index contributed by atoms with van der Waals surface area (Å²) in [6, 6.07) is 2.72. The van der Waals surface area contributed by atoms with E-state index in [9.17, 15) is 0 Å². The number of anilines is 1. The first-order valence-corrected chi connectivity index (χ1v) is 8.05. The van der Waals surface area contributed by atoms with Crippen molar-refractivity contribution in [2.45, 2.75) is 64.8 Å². The van der Waals surface area contributed by atoms with Crippen molar-refractivity contribution >= 4 is 11.3 Å². The summed E-state index contributed by atoms with van der Waals surface area (Å²) in [6.45, 7) is 8.93. The van der Waals surface area contributed by atoms with Crippen LogP contribution in [0.4, 0.5) is 5.82 Å². The normalized spacial score (nSPS) is 23.4. The number of nitrogens with one attached hydrogen (secondary N) is 1. The number of hydrogen-bond acceptors (Lipinski definition) is 3. The average Bonchev–Trinajstić information content (AvgIpc) is 2.86. The Morgan fingerprint density at radius 3 is 2.57 bits per heavy atom. The molecule has 2 aromatic heterocycles. The molecule has 3 rings (SSSR count). The maximum atomic E-state index is 4.69. The molecule has 0 saturated heterocycles. The van der Waals surface area contributed by atoms with Crippen molar-refractivity contribution in [3.63, 3.8) is 0 Å². The zero-order valence-electron chi connectivity index (χ0n) is 13.6. The second-order valence-corrected chi connectivity index (χ2v) is 7.49. The van der Waals surface area contributed by atoms with E-state index in [2.05, 4.69) is 49.2 Å². The van der Waals surface area contributed by atoms with Crippen LogP contribution in [0.1, 0.15) is 59.1 Å². The van der Waals surface area contributed by atoms with Crippen LogP contribution in [-0.4, -0.2) is 20.6 Å². The van der Waals surface area contributed by atoms with Gasteiger partial charge in [-0.25, -0.2) is 9.50 Å². The van der Waals surface area contributed by atoms with Gasteiger partial charge in [0.05, 0.1) is 5.69 Å². The molecule has 21 heavy (non-hydrogen) atoms. The quantitative estimate of drug-likeness (QED) is 0.906. The molecule has 0 amide bonds. The molecular formula is C17H26N4. The Morgan fingerprint density at radius 1 is 1.19 bits per heavy atom. The van der Waals surface area contributed by atoms with Gasteiger partial charge in [0.25, 0.3) is 0 Å². The number of hydrogen-bond donors (Lipinski definition) is 1. The molecule has 1 saturated carbocycles. The minimum atomic E-state index is 0.0591. The molecule has 0 unspecified atom stereocenters. The summed E-state index contributed by atoms with van der Waals surface area (Å²) in [5.41, 5.74) is 2.25. The Balaban J connectivity index is 1.86. The summed E-state index contributed by atoms with van der Waals surface area (Å²) in [5.74, 6) is 1.84. The highest BCUT2D eigenvalue weighted by atomic mass is 15.2. The molecule has 1 fully saturated rings. The van der Waals surface area contributed by atoms with E-state index in [1.54, 1.807) is 0 Å². The zero-order chi connectivity index (χ0) is 15.0. The van der Waals surface area contributed by atoms with E-state index in [1.165, 1.54) is 25.7 Å². The average molecular weight is 286 g/mol. The molecule has 4 nitrogen and oxygen atoms in total. The van der Waals surface area contributed by atoms with E-state index in [4.69, 9.17) is 0 Å². The zero-order valence-corrected chi connectivity index (χ0v) is 13.6. The molecule has 0 aromatic carbocycles. The van der Waals surface area contributed by atoms with Crippen molar-refractivity contribution < 1.29 is 0 Å². The van der Waals surface area contributed by atoms with Gasteiger partial charge in [0.2, 0.25) is 0 Å². The highest BCUT2D eigenvalue weighted by molar-refractivity contribution is 5.68. The fraction of sp³-hybridized carbons (Fsp3) is 0.647. The first-order valence-electron chi connectivity index (χ1n) is 8.05. The third kappa shape index (κ3) is 3.04. The van der Waals surface area contributed by atoms with Crippen LogP contribution in [0.2, 0.25) is 0 Å². The van der Waals surface area contributed by atoms with Gasteiger partial charge in [-0.15, -0.1) is 0 Å². The minimum Gasteiger partial charge on any atom is -0.366 e.